The van der Waals surface area contributed by atoms with Crippen LogP contribution in [-0.4, -0.2) is 6.36 Å². The molecule has 0 aliphatic carbocycles. The lowest BCUT2D eigenvalue weighted by molar-refractivity contribution is -0.274. The van der Waals surface area contributed by atoms with Crippen molar-refractivity contribution >= 4 is 5.69 Å². The number of anilines is 1. The van der Waals surface area contributed by atoms with Crippen LogP contribution in [0.1, 0.15) is 24.5 Å². The van der Waals surface area contributed by atoms with E-state index in [0.29, 0.717) is 5.76 Å². The van der Waals surface area contributed by atoms with Gasteiger partial charge < -0.3 is 14.5 Å². The van der Waals surface area contributed by atoms with Crippen LogP contribution >= 0.6 is 0 Å². The van der Waals surface area contributed by atoms with E-state index in [-0.39, 0.29) is 17.5 Å². The Kier molecular flexibility index (Phi) is 3.92. The summed E-state index contributed by atoms with van der Waals surface area (Å²) in [4.78, 5) is 0. The van der Waals surface area contributed by atoms with E-state index < -0.39 is 6.36 Å². The lowest BCUT2D eigenvalue weighted by Gasteiger charge is -2.17. The third-order valence-electron chi connectivity index (χ3n) is 2.67. The summed E-state index contributed by atoms with van der Waals surface area (Å²) in [6.45, 7) is 3.60. The lowest BCUT2D eigenvalue weighted by Crippen LogP contribution is -2.18. The molecule has 6 heteroatoms. The molecule has 0 saturated heterocycles. The summed E-state index contributed by atoms with van der Waals surface area (Å²) in [6, 6.07) is 9.19. The van der Waals surface area contributed by atoms with E-state index in [1.807, 2.05) is 0 Å². The van der Waals surface area contributed by atoms with Gasteiger partial charge in [0.1, 0.15) is 11.5 Å². The molecule has 1 atom stereocenters. The van der Waals surface area contributed by atoms with E-state index in [0.717, 1.165) is 5.76 Å². The Labute approximate surface area is 114 Å². The molecule has 1 unspecified atom stereocenters. The number of hydrogen-bond acceptors (Lipinski definition) is 3. The van der Waals surface area contributed by atoms with Gasteiger partial charge in [-0.2, -0.15) is 0 Å². The number of rotatable bonds is 4. The van der Waals surface area contributed by atoms with Gasteiger partial charge in [-0.05, 0) is 38.1 Å². The van der Waals surface area contributed by atoms with Gasteiger partial charge in [-0.1, -0.05) is 12.1 Å². The molecule has 0 saturated carbocycles. The summed E-state index contributed by atoms with van der Waals surface area (Å²) in [7, 11) is 0. The Bertz CT molecular complexity index is 578. The van der Waals surface area contributed by atoms with Gasteiger partial charge in [0, 0.05) is 0 Å². The van der Waals surface area contributed by atoms with Gasteiger partial charge in [0.05, 0.1) is 11.7 Å². The molecule has 0 aliphatic heterocycles. The third kappa shape index (κ3) is 3.69. The number of furan rings is 1. The maximum absolute atomic E-state index is 12.3. The molecule has 1 aromatic heterocycles. The Morgan fingerprint density at radius 3 is 2.45 bits per heavy atom. The van der Waals surface area contributed by atoms with Crippen LogP contribution in [0.15, 0.2) is 40.8 Å². The first-order chi connectivity index (χ1) is 9.35. The first-order valence-corrected chi connectivity index (χ1v) is 6.03. The van der Waals surface area contributed by atoms with Crippen molar-refractivity contribution in [1.29, 1.82) is 0 Å². The first-order valence-electron chi connectivity index (χ1n) is 6.03. The molecule has 3 nitrogen and oxygen atoms in total. The minimum atomic E-state index is -4.72. The van der Waals surface area contributed by atoms with Gasteiger partial charge in [-0.3, -0.25) is 0 Å². The van der Waals surface area contributed by atoms with Crippen LogP contribution in [0.25, 0.3) is 0 Å². The van der Waals surface area contributed by atoms with Gasteiger partial charge in [-0.15, -0.1) is 13.2 Å². The third-order valence-corrected chi connectivity index (χ3v) is 2.67. The van der Waals surface area contributed by atoms with Crippen molar-refractivity contribution in [3.8, 4) is 5.75 Å². The number of ether oxygens (including phenoxy) is 1. The van der Waals surface area contributed by atoms with Crippen molar-refractivity contribution in [3.05, 3.63) is 47.9 Å². The van der Waals surface area contributed by atoms with Crippen molar-refractivity contribution in [1.82, 2.24) is 0 Å². The fourth-order valence-corrected chi connectivity index (χ4v) is 1.79. The van der Waals surface area contributed by atoms with Crippen LogP contribution in [0.5, 0.6) is 5.75 Å². The Hall–Kier alpha value is -2.11. The summed E-state index contributed by atoms with van der Waals surface area (Å²) in [5.41, 5.74) is 0.256. The second-order valence-corrected chi connectivity index (χ2v) is 4.36. The second kappa shape index (κ2) is 5.48. The zero-order valence-electron chi connectivity index (χ0n) is 11.0. The maximum Gasteiger partial charge on any atom is 0.573 e. The van der Waals surface area contributed by atoms with Crippen molar-refractivity contribution in [2.24, 2.45) is 0 Å². The molecule has 0 fully saturated rings. The fourth-order valence-electron chi connectivity index (χ4n) is 1.79. The number of nitrogens with one attached hydrogen (secondary N) is 1. The van der Waals surface area contributed by atoms with Crippen LogP contribution in [0.4, 0.5) is 18.9 Å². The molecule has 0 bridgehead atoms. The largest absolute Gasteiger partial charge is 0.573 e. The molecule has 0 spiro atoms. The summed E-state index contributed by atoms with van der Waals surface area (Å²) in [6.07, 6.45) is -4.72. The highest BCUT2D eigenvalue weighted by Gasteiger charge is 2.32. The minimum absolute atomic E-state index is 0.256. The fraction of sp³-hybridized carbons (Fsp3) is 0.286. The molecule has 0 amide bonds. The normalized spacial score (nSPS) is 13.1. The van der Waals surface area contributed by atoms with E-state index in [9.17, 15) is 13.2 Å². The standard InChI is InChI=1S/C14H14F3NO2/c1-9-7-8-12(19-9)10(2)18-11-5-3-4-6-13(11)20-14(15,16)17/h3-8,10,18H,1-2H3. The van der Waals surface area contributed by atoms with Crippen molar-refractivity contribution in [2.45, 2.75) is 26.3 Å². The molecular formula is C14H14F3NO2. The van der Waals surface area contributed by atoms with Crippen LogP contribution < -0.4 is 10.1 Å². The Morgan fingerprint density at radius 1 is 1.15 bits per heavy atom. The summed E-state index contributed by atoms with van der Waals surface area (Å²) >= 11 is 0. The summed E-state index contributed by atoms with van der Waals surface area (Å²) < 4.78 is 46.4. The number of aryl methyl sites for hydroxylation is 1. The molecule has 20 heavy (non-hydrogen) atoms. The highest BCUT2D eigenvalue weighted by atomic mass is 19.4. The van der Waals surface area contributed by atoms with Crippen LogP contribution in [0, 0.1) is 6.92 Å². The van der Waals surface area contributed by atoms with Gasteiger partial charge in [-0.25, -0.2) is 0 Å². The van der Waals surface area contributed by atoms with E-state index >= 15 is 0 Å². The van der Waals surface area contributed by atoms with Crippen molar-refractivity contribution in [3.63, 3.8) is 0 Å². The van der Waals surface area contributed by atoms with E-state index in [4.69, 9.17) is 4.42 Å². The average Bonchev–Trinajstić information content (AvgIpc) is 2.77. The summed E-state index contributed by atoms with van der Waals surface area (Å²) in [5.74, 6) is 1.12. The summed E-state index contributed by atoms with van der Waals surface area (Å²) in [5, 5.41) is 2.94. The van der Waals surface area contributed by atoms with Crippen molar-refractivity contribution in [2.75, 3.05) is 5.32 Å². The van der Waals surface area contributed by atoms with Gasteiger partial charge in [0.15, 0.2) is 5.75 Å². The Balaban J connectivity index is 2.17. The van der Waals surface area contributed by atoms with Crippen LogP contribution in [0.3, 0.4) is 0 Å². The molecule has 1 N–H and O–H groups in total. The second-order valence-electron chi connectivity index (χ2n) is 4.36. The number of hydrogen-bond donors (Lipinski definition) is 1. The maximum atomic E-state index is 12.3. The predicted octanol–water partition coefficient (Wildman–Crippen LogP) is 4.66. The predicted molar refractivity (Wildman–Crippen MR) is 68.6 cm³/mol. The smallest absolute Gasteiger partial charge is 0.464 e. The number of alkyl halides is 3. The lowest BCUT2D eigenvalue weighted by atomic mass is 10.2. The highest BCUT2D eigenvalue weighted by molar-refractivity contribution is 5.57. The molecule has 1 heterocycles. The first kappa shape index (κ1) is 14.3. The number of para-hydroxylation sites is 2. The highest BCUT2D eigenvalue weighted by Crippen LogP contribution is 2.32. The monoisotopic (exact) mass is 285 g/mol. The molecule has 108 valence electrons. The quantitative estimate of drug-likeness (QED) is 0.887. The topological polar surface area (TPSA) is 34.4 Å². The van der Waals surface area contributed by atoms with Crippen LogP contribution in [-0.2, 0) is 0 Å². The van der Waals surface area contributed by atoms with Gasteiger partial charge in [0.2, 0.25) is 0 Å². The van der Waals surface area contributed by atoms with E-state index in [1.54, 1.807) is 32.0 Å². The zero-order valence-corrected chi connectivity index (χ0v) is 11.0. The van der Waals surface area contributed by atoms with Gasteiger partial charge >= 0.3 is 6.36 Å². The van der Waals surface area contributed by atoms with E-state index in [1.165, 1.54) is 18.2 Å². The number of benzene rings is 1. The van der Waals surface area contributed by atoms with Gasteiger partial charge in [0.25, 0.3) is 0 Å². The van der Waals surface area contributed by atoms with E-state index in [2.05, 4.69) is 10.1 Å². The molecular weight excluding hydrogens is 271 g/mol. The van der Waals surface area contributed by atoms with Crippen molar-refractivity contribution < 1.29 is 22.3 Å². The zero-order chi connectivity index (χ0) is 14.8. The van der Waals surface area contributed by atoms with Crippen LogP contribution in [0.2, 0.25) is 0 Å². The minimum Gasteiger partial charge on any atom is -0.464 e. The molecule has 1 aromatic carbocycles. The molecule has 2 aromatic rings. The average molecular weight is 285 g/mol. The molecule has 2 rings (SSSR count). The Morgan fingerprint density at radius 2 is 1.85 bits per heavy atom. The molecule has 0 radical (unpaired) electrons. The SMILES string of the molecule is Cc1ccc(C(C)Nc2ccccc2OC(F)(F)F)o1. The molecule has 0 aliphatic rings. The number of halogens is 3.